The fourth-order valence-electron chi connectivity index (χ4n) is 2.38. The lowest BCUT2D eigenvalue weighted by atomic mass is 10.0. The van der Waals surface area contributed by atoms with Crippen LogP contribution in [-0.2, 0) is 4.74 Å². The molecule has 0 spiro atoms. The molecule has 3 nitrogen and oxygen atoms in total. The SMILES string of the molecule is CC1CCCC(NCCOCCN(C)C)CC1. The topological polar surface area (TPSA) is 24.5 Å². The third-order valence-corrected chi connectivity index (χ3v) is 3.62. The van der Waals surface area contributed by atoms with Crippen molar-refractivity contribution in [3.05, 3.63) is 0 Å². The van der Waals surface area contributed by atoms with Crippen LogP contribution in [-0.4, -0.2) is 51.3 Å². The molecule has 0 heterocycles. The minimum absolute atomic E-state index is 0.734. The van der Waals surface area contributed by atoms with Gasteiger partial charge in [-0.2, -0.15) is 0 Å². The summed E-state index contributed by atoms with van der Waals surface area (Å²) in [5, 5.41) is 3.63. The lowest BCUT2D eigenvalue weighted by Crippen LogP contribution is -2.32. The number of nitrogens with zero attached hydrogens (tertiary/aromatic N) is 1. The zero-order chi connectivity index (χ0) is 12.5. The number of likely N-dealkylation sites (N-methyl/N-ethyl adjacent to an activating group) is 1. The molecule has 0 radical (unpaired) electrons. The summed E-state index contributed by atoms with van der Waals surface area (Å²) >= 11 is 0. The van der Waals surface area contributed by atoms with Crippen molar-refractivity contribution in [1.82, 2.24) is 10.2 Å². The molecule has 0 aliphatic heterocycles. The van der Waals surface area contributed by atoms with Crippen LogP contribution in [0.2, 0.25) is 0 Å². The lowest BCUT2D eigenvalue weighted by Gasteiger charge is -2.16. The van der Waals surface area contributed by atoms with Crippen LogP contribution in [0, 0.1) is 5.92 Å². The summed E-state index contributed by atoms with van der Waals surface area (Å²) in [5.41, 5.74) is 0. The second kappa shape index (κ2) is 8.90. The van der Waals surface area contributed by atoms with Crippen LogP contribution < -0.4 is 5.32 Å². The standard InChI is InChI=1S/C14H30N2O/c1-13-5-4-6-14(8-7-13)15-9-11-17-12-10-16(2)3/h13-15H,4-12H2,1-3H3. The smallest absolute Gasteiger partial charge is 0.0593 e. The average molecular weight is 242 g/mol. The monoisotopic (exact) mass is 242 g/mol. The molecule has 0 aromatic carbocycles. The first-order valence-corrected chi connectivity index (χ1v) is 7.14. The van der Waals surface area contributed by atoms with Gasteiger partial charge in [-0.3, -0.25) is 0 Å². The van der Waals surface area contributed by atoms with Gasteiger partial charge in [0, 0.05) is 19.1 Å². The van der Waals surface area contributed by atoms with E-state index in [1.165, 1.54) is 32.1 Å². The Bertz CT molecular complexity index is 185. The van der Waals surface area contributed by atoms with Gasteiger partial charge in [0.15, 0.2) is 0 Å². The van der Waals surface area contributed by atoms with Crippen LogP contribution in [0.15, 0.2) is 0 Å². The predicted octanol–water partition coefficient (Wildman–Crippen LogP) is 2.12. The highest BCUT2D eigenvalue weighted by atomic mass is 16.5. The largest absolute Gasteiger partial charge is 0.379 e. The molecule has 1 saturated carbocycles. The summed E-state index contributed by atoms with van der Waals surface area (Å²) in [4.78, 5) is 2.15. The maximum absolute atomic E-state index is 5.58. The van der Waals surface area contributed by atoms with Crippen molar-refractivity contribution in [3.63, 3.8) is 0 Å². The van der Waals surface area contributed by atoms with E-state index in [-0.39, 0.29) is 0 Å². The Hall–Kier alpha value is -0.120. The molecule has 2 atom stereocenters. The predicted molar refractivity (Wildman–Crippen MR) is 73.4 cm³/mol. The third kappa shape index (κ3) is 7.74. The van der Waals surface area contributed by atoms with Crippen LogP contribution in [0.4, 0.5) is 0 Å². The quantitative estimate of drug-likeness (QED) is 0.547. The highest BCUT2D eigenvalue weighted by molar-refractivity contribution is 4.73. The third-order valence-electron chi connectivity index (χ3n) is 3.62. The normalized spacial score (nSPS) is 26.1. The summed E-state index contributed by atoms with van der Waals surface area (Å²) in [7, 11) is 4.16. The van der Waals surface area contributed by atoms with Crippen molar-refractivity contribution in [2.45, 2.75) is 45.1 Å². The molecule has 0 bridgehead atoms. The zero-order valence-corrected chi connectivity index (χ0v) is 11.9. The minimum Gasteiger partial charge on any atom is -0.379 e. The van der Waals surface area contributed by atoms with Crippen LogP contribution >= 0.6 is 0 Å². The van der Waals surface area contributed by atoms with Gasteiger partial charge < -0.3 is 15.0 Å². The van der Waals surface area contributed by atoms with Crippen molar-refractivity contribution in [3.8, 4) is 0 Å². The van der Waals surface area contributed by atoms with E-state index in [2.05, 4.69) is 31.2 Å². The van der Waals surface area contributed by atoms with Gasteiger partial charge in [-0.05, 0) is 39.3 Å². The molecule has 1 fully saturated rings. The Morgan fingerprint density at radius 3 is 2.71 bits per heavy atom. The molecule has 3 heteroatoms. The number of ether oxygens (including phenoxy) is 1. The van der Waals surface area contributed by atoms with Crippen molar-refractivity contribution in [2.75, 3.05) is 40.4 Å². The van der Waals surface area contributed by atoms with Crippen LogP contribution in [0.1, 0.15) is 39.0 Å². The summed E-state index contributed by atoms with van der Waals surface area (Å²) < 4.78 is 5.58. The van der Waals surface area contributed by atoms with Gasteiger partial charge in [0.1, 0.15) is 0 Å². The zero-order valence-electron chi connectivity index (χ0n) is 11.9. The molecule has 1 aliphatic carbocycles. The van der Waals surface area contributed by atoms with Gasteiger partial charge in [0.25, 0.3) is 0 Å². The number of hydrogen-bond donors (Lipinski definition) is 1. The first kappa shape index (κ1) is 14.9. The van der Waals surface area contributed by atoms with Gasteiger partial charge in [-0.15, -0.1) is 0 Å². The van der Waals surface area contributed by atoms with Crippen LogP contribution in [0.25, 0.3) is 0 Å². The Morgan fingerprint density at radius 1 is 1.12 bits per heavy atom. The molecule has 0 saturated heterocycles. The maximum Gasteiger partial charge on any atom is 0.0593 e. The molecule has 1 aliphatic rings. The van der Waals surface area contributed by atoms with E-state index in [0.29, 0.717) is 0 Å². The van der Waals surface area contributed by atoms with Gasteiger partial charge in [-0.25, -0.2) is 0 Å². The van der Waals surface area contributed by atoms with Gasteiger partial charge in [0.05, 0.1) is 13.2 Å². The molecule has 2 unspecified atom stereocenters. The van der Waals surface area contributed by atoms with E-state index >= 15 is 0 Å². The first-order valence-electron chi connectivity index (χ1n) is 7.14. The summed E-state index contributed by atoms with van der Waals surface area (Å²) in [6.07, 6.45) is 6.89. The Balaban J connectivity index is 1.95. The molecular formula is C14H30N2O. The van der Waals surface area contributed by atoms with E-state index < -0.39 is 0 Å². The molecular weight excluding hydrogens is 212 g/mol. The van der Waals surface area contributed by atoms with E-state index in [1.807, 2.05) is 0 Å². The minimum atomic E-state index is 0.734. The molecule has 0 aromatic rings. The fraction of sp³-hybridized carbons (Fsp3) is 1.00. The Morgan fingerprint density at radius 2 is 1.94 bits per heavy atom. The Labute approximate surface area is 107 Å². The number of nitrogens with one attached hydrogen (secondary N) is 1. The van der Waals surface area contributed by atoms with Gasteiger partial charge in [0.2, 0.25) is 0 Å². The second-order valence-corrected chi connectivity index (χ2v) is 5.68. The fourth-order valence-corrected chi connectivity index (χ4v) is 2.38. The van der Waals surface area contributed by atoms with Gasteiger partial charge in [-0.1, -0.05) is 19.8 Å². The van der Waals surface area contributed by atoms with Crippen LogP contribution in [0.5, 0.6) is 0 Å². The molecule has 1 N–H and O–H groups in total. The van der Waals surface area contributed by atoms with E-state index in [9.17, 15) is 0 Å². The number of hydrogen-bond acceptors (Lipinski definition) is 3. The molecule has 17 heavy (non-hydrogen) atoms. The lowest BCUT2D eigenvalue weighted by molar-refractivity contribution is 0.117. The van der Waals surface area contributed by atoms with Crippen molar-refractivity contribution in [1.29, 1.82) is 0 Å². The van der Waals surface area contributed by atoms with E-state index in [4.69, 9.17) is 4.74 Å². The first-order chi connectivity index (χ1) is 8.18. The molecule has 102 valence electrons. The summed E-state index contributed by atoms with van der Waals surface area (Å²) in [6.45, 7) is 6.09. The van der Waals surface area contributed by atoms with E-state index in [1.54, 1.807) is 0 Å². The molecule has 1 rings (SSSR count). The summed E-state index contributed by atoms with van der Waals surface area (Å²) in [6, 6.07) is 0.734. The van der Waals surface area contributed by atoms with Crippen molar-refractivity contribution >= 4 is 0 Å². The van der Waals surface area contributed by atoms with Crippen LogP contribution in [0.3, 0.4) is 0 Å². The number of rotatable bonds is 7. The molecule has 0 amide bonds. The van der Waals surface area contributed by atoms with E-state index in [0.717, 1.165) is 38.3 Å². The van der Waals surface area contributed by atoms with Crippen molar-refractivity contribution in [2.24, 2.45) is 5.92 Å². The highest BCUT2D eigenvalue weighted by Crippen LogP contribution is 2.22. The highest BCUT2D eigenvalue weighted by Gasteiger charge is 2.14. The summed E-state index contributed by atoms with van der Waals surface area (Å²) in [5.74, 6) is 0.929. The average Bonchev–Trinajstić information content (AvgIpc) is 2.48. The second-order valence-electron chi connectivity index (χ2n) is 5.68. The maximum atomic E-state index is 5.58. The van der Waals surface area contributed by atoms with Crippen molar-refractivity contribution < 1.29 is 4.74 Å². The molecule has 0 aromatic heterocycles. The van der Waals surface area contributed by atoms with Gasteiger partial charge >= 0.3 is 0 Å². The Kier molecular flexibility index (Phi) is 7.82.